The fraction of sp³-hybridized carbons (Fsp3) is 0.600. The lowest BCUT2D eigenvalue weighted by atomic mass is 9.92. The van der Waals surface area contributed by atoms with Gasteiger partial charge in [-0.1, -0.05) is 11.6 Å². The summed E-state index contributed by atoms with van der Waals surface area (Å²) in [4.78, 5) is 19.5. The SMILES string of the molecule is CCNC(=O)C(C)(C)CNC(=NC)N(C)Cc1ccc(Cl)s1. The van der Waals surface area contributed by atoms with Crippen molar-refractivity contribution in [3.63, 3.8) is 0 Å². The first-order valence-corrected chi connectivity index (χ1v) is 8.44. The minimum Gasteiger partial charge on any atom is -0.356 e. The maximum Gasteiger partial charge on any atom is 0.227 e. The van der Waals surface area contributed by atoms with Crippen LogP contribution in [0, 0.1) is 5.41 Å². The Bertz CT molecular complexity index is 527. The van der Waals surface area contributed by atoms with Gasteiger partial charge in [0.25, 0.3) is 0 Å². The normalized spacial score (nSPS) is 12.2. The summed E-state index contributed by atoms with van der Waals surface area (Å²) in [6, 6.07) is 3.90. The molecular formula is C15H25ClN4OS. The van der Waals surface area contributed by atoms with Crippen LogP contribution in [-0.4, -0.2) is 44.0 Å². The second-order valence-corrected chi connectivity index (χ2v) is 7.51. The van der Waals surface area contributed by atoms with E-state index < -0.39 is 5.41 Å². The number of nitrogens with zero attached hydrogens (tertiary/aromatic N) is 2. The van der Waals surface area contributed by atoms with Crippen LogP contribution >= 0.6 is 22.9 Å². The van der Waals surface area contributed by atoms with Gasteiger partial charge >= 0.3 is 0 Å². The quantitative estimate of drug-likeness (QED) is 0.616. The van der Waals surface area contributed by atoms with Crippen LogP contribution < -0.4 is 10.6 Å². The van der Waals surface area contributed by atoms with Crippen LogP contribution in [-0.2, 0) is 11.3 Å². The Labute approximate surface area is 141 Å². The van der Waals surface area contributed by atoms with Gasteiger partial charge in [-0.05, 0) is 32.9 Å². The summed E-state index contributed by atoms with van der Waals surface area (Å²) in [6.45, 7) is 7.62. The highest BCUT2D eigenvalue weighted by Crippen LogP contribution is 2.22. The summed E-state index contributed by atoms with van der Waals surface area (Å²) < 4.78 is 0.781. The van der Waals surface area contributed by atoms with Crippen molar-refractivity contribution < 1.29 is 4.79 Å². The molecule has 0 bridgehead atoms. The third-order valence-electron chi connectivity index (χ3n) is 3.24. The maximum atomic E-state index is 12.0. The van der Waals surface area contributed by atoms with Gasteiger partial charge in [-0.15, -0.1) is 11.3 Å². The van der Waals surface area contributed by atoms with Crippen molar-refractivity contribution in [2.75, 3.05) is 27.2 Å². The van der Waals surface area contributed by atoms with Crippen LogP contribution in [0.3, 0.4) is 0 Å². The number of amides is 1. The molecule has 124 valence electrons. The Kier molecular flexibility index (Phi) is 7.16. The molecule has 7 heteroatoms. The summed E-state index contributed by atoms with van der Waals surface area (Å²) in [5.74, 6) is 0.785. The van der Waals surface area contributed by atoms with E-state index in [0.29, 0.717) is 13.1 Å². The summed E-state index contributed by atoms with van der Waals surface area (Å²) in [5, 5.41) is 6.12. The van der Waals surface area contributed by atoms with Crippen molar-refractivity contribution in [2.45, 2.75) is 27.3 Å². The summed E-state index contributed by atoms with van der Waals surface area (Å²) in [5.41, 5.74) is -0.501. The number of carbonyl (C=O) groups is 1. The van der Waals surface area contributed by atoms with E-state index in [1.807, 2.05) is 44.9 Å². The summed E-state index contributed by atoms with van der Waals surface area (Å²) in [6.07, 6.45) is 0. The molecule has 0 atom stereocenters. The molecule has 1 aromatic heterocycles. The predicted molar refractivity (Wildman–Crippen MR) is 94.6 cm³/mol. The highest BCUT2D eigenvalue weighted by atomic mass is 35.5. The fourth-order valence-electron chi connectivity index (χ4n) is 1.91. The van der Waals surface area contributed by atoms with Gasteiger partial charge in [0.2, 0.25) is 5.91 Å². The van der Waals surface area contributed by atoms with Gasteiger partial charge in [-0.2, -0.15) is 0 Å². The van der Waals surface area contributed by atoms with Crippen molar-refractivity contribution in [1.82, 2.24) is 15.5 Å². The van der Waals surface area contributed by atoms with E-state index in [-0.39, 0.29) is 5.91 Å². The highest BCUT2D eigenvalue weighted by Gasteiger charge is 2.27. The van der Waals surface area contributed by atoms with Crippen LogP contribution in [0.15, 0.2) is 17.1 Å². The highest BCUT2D eigenvalue weighted by molar-refractivity contribution is 7.16. The zero-order chi connectivity index (χ0) is 16.8. The summed E-state index contributed by atoms with van der Waals surface area (Å²) in [7, 11) is 3.70. The number of carbonyl (C=O) groups excluding carboxylic acids is 1. The maximum absolute atomic E-state index is 12.0. The molecule has 22 heavy (non-hydrogen) atoms. The van der Waals surface area contributed by atoms with Gasteiger partial charge in [-0.3, -0.25) is 9.79 Å². The number of nitrogens with one attached hydrogen (secondary N) is 2. The smallest absolute Gasteiger partial charge is 0.227 e. The van der Waals surface area contributed by atoms with Gasteiger partial charge in [0, 0.05) is 32.1 Å². The van der Waals surface area contributed by atoms with Gasteiger partial charge in [0.1, 0.15) is 0 Å². The first-order valence-electron chi connectivity index (χ1n) is 7.24. The molecule has 5 nitrogen and oxygen atoms in total. The molecule has 0 aromatic carbocycles. The molecule has 0 spiro atoms. The number of halogens is 1. The van der Waals surface area contributed by atoms with Crippen LogP contribution in [0.1, 0.15) is 25.6 Å². The molecular weight excluding hydrogens is 320 g/mol. The van der Waals surface area contributed by atoms with Crippen molar-refractivity contribution in [3.8, 4) is 0 Å². The van der Waals surface area contributed by atoms with Crippen LogP contribution in [0.5, 0.6) is 0 Å². The second-order valence-electron chi connectivity index (χ2n) is 5.71. The number of rotatable bonds is 6. The second kappa shape index (κ2) is 8.39. The Balaban J connectivity index is 2.59. The van der Waals surface area contributed by atoms with Gasteiger partial charge in [0.15, 0.2) is 5.96 Å². The zero-order valence-corrected chi connectivity index (χ0v) is 15.4. The van der Waals surface area contributed by atoms with E-state index in [1.165, 1.54) is 4.88 Å². The molecule has 0 radical (unpaired) electrons. The molecule has 1 heterocycles. The molecule has 0 aliphatic rings. The minimum atomic E-state index is -0.501. The minimum absolute atomic E-state index is 0.0330. The Hall–Kier alpha value is -1.27. The number of thiophene rings is 1. The zero-order valence-electron chi connectivity index (χ0n) is 13.9. The molecule has 0 unspecified atom stereocenters. The monoisotopic (exact) mass is 344 g/mol. The van der Waals surface area contributed by atoms with Crippen molar-refractivity contribution in [3.05, 3.63) is 21.3 Å². The lowest BCUT2D eigenvalue weighted by molar-refractivity contribution is -0.128. The average Bonchev–Trinajstić information content (AvgIpc) is 2.84. The molecule has 0 fully saturated rings. The van der Waals surface area contributed by atoms with E-state index in [4.69, 9.17) is 11.6 Å². The lowest BCUT2D eigenvalue weighted by Crippen LogP contribution is -2.48. The third kappa shape index (κ3) is 5.50. The van der Waals surface area contributed by atoms with E-state index in [0.717, 1.165) is 16.8 Å². The molecule has 1 aromatic rings. The molecule has 1 amide bonds. The molecule has 0 saturated carbocycles. The van der Waals surface area contributed by atoms with Crippen molar-refractivity contribution in [2.24, 2.45) is 10.4 Å². The van der Waals surface area contributed by atoms with E-state index in [1.54, 1.807) is 18.4 Å². The Morgan fingerprint density at radius 1 is 1.41 bits per heavy atom. The first-order chi connectivity index (χ1) is 10.3. The van der Waals surface area contributed by atoms with Gasteiger partial charge in [0.05, 0.1) is 16.3 Å². The first kappa shape index (κ1) is 18.8. The summed E-state index contributed by atoms with van der Waals surface area (Å²) >= 11 is 7.51. The van der Waals surface area contributed by atoms with Crippen molar-refractivity contribution >= 4 is 34.8 Å². The fourth-order valence-corrected chi connectivity index (χ4v) is 3.05. The topological polar surface area (TPSA) is 56.7 Å². The largest absolute Gasteiger partial charge is 0.356 e. The molecule has 0 aliphatic carbocycles. The van der Waals surface area contributed by atoms with Crippen LogP contribution in [0.25, 0.3) is 0 Å². The number of guanidine groups is 1. The number of aliphatic imine (C=N–C) groups is 1. The average molecular weight is 345 g/mol. The Morgan fingerprint density at radius 3 is 2.59 bits per heavy atom. The van der Waals surface area contributed by atoms with E-state index >= 15 is 0 Å². The standard InChI is InChI=1S/C15H25ClN4OS/c1-6-18-13(21)15(2,3)10-19-14(17-4)20(5)9-11-7-8-12(16)22-11/h7-8H,6,9-10H2,1-5H3,(H,17,19)(H,18,21). The van der Waals surface area contributed by atoms with Crippen LogP contribution in [0.4, 0.5) is 0 Å². The molecule has 2 N–H and O–H groups in total. The predicted octanol–water partition coefficient (Wildman–Crippen LogP) is 2.57. The van der Waals surface area contributed by atoms with Gasteiger partial charge < -0.3 is 15.5 Å². The van der Waals surface area contributed by atoms with Crippen molar-refractivity contribution in [1.29, 1.82) is 0 Å². The Morgan fingerprint density at radius 2 is 2.09 bits per heavy atom. The van der Waals surface area contributed by atoms with E-state index in [9.17, 15) is 4.79 Å². The number of hydrogen-bond donors (Lipinski definition) is 2. The van der Waals surface area contributed by atoms with Crippen LogP contribution in [0.2, 0.25) is 4.34 Å². The molecule has 1 rings (SSSR count). The number of hydrogen-bond acceptors (Lipinski definition) is 3. The molecule has 0 saturated heterocycles. The molecule has 0 aliphatic heterocycles. The lowest BCUT2D eigenvalue weighted by Gasteiger charge is -2.27. The van der Waals surface area contributed by atoms with E-state index in [2.05, 4.69) is 15.6 Å². The van der Waals surface area contributed by atoms with Gasteiger partial charge in [-0.25, -0.2) is 0 Å². The third-order valence-corrected chi connectivity index (χ3v) is 4.45.